The molecule has 4 nitrogen and oxygen atoms in total. The lowest BCUT2D eigenvalue weighted by molar-refractivity contribution is 0.330. The first kappa shape index (κ1) is 14.8. The first-order valence-corrected chi connectivity index (χ1v) is 8.65. The monoisotopic (exact) mass is 306 g/mol. The smallest absolute Gasteiger partial charge is 0.179 e. The van der Waals surface area contributed by atoms with Gasteiger partial charge in [-0.15, -0.1) is 0 Å². The fourth-order valence-electron chi connectivity index (χ4n) is 4.12. The van der Waals surface area contributed by atoms with Crippen LogP contribution < -0.4 is 0 Å². The second kappa shape index (κ2) is 5.59. The van der Waals surface area contributed by atoms with E-state index in [4.69, 9.17) is 17.3 Å². The molecule has 21 heavy (non-hydrogen) atoms. The summed E-state index contributed by atoms with van der Waals surface area (Å²) in [6.07, 6.45) is 5.93. The number of aromatic amines is 1. The number of nitrogens with zero attached hydrogens (tertiary/aromatic N) is 3. The molecule has 116 valence electrons. The van der Waals surface area contributed by atoms with Gasteiger partial charge in [0.2, 0.25) is 0 Å². The Morgan fingerprint density at radius 1 is 1.33 bits per heavy atom. The number of aryl methyl sites for hydroxylation is 2. The van der Waals surface area contributed by atoms with Crippen LogP contribution in [0.1, 0.15) is 58.2 Å². The Hall–Kier alpha value is -1.10. The zero-order valence-corrected chi connectivity index (χ0v) is 14.3. The summed E-state index contributed by atoms with van der Waals surface area (Å²) in [4.78, 5) is 3.43. The van der Waals surface area contributed by atoms with E-state index in [1.807, 2.05) is 11.7 Å². The molecule has 2 aromatic rings. The van der Waals surface area contributed by atoms with Gasteiger partial charge in [0.25, 0.3) is 0 Å². The standard InChI is InChI=1S/C16H26N4S/c1-5-7-12-14-15(19(4)18-12)20(16(21)17-14)13-9-8-11(6-2)10(13)3/h10-11,13H,5-9H2,1-4H3,(H,17,21). The molecule has 0 aliphatic heterocycles. The second-order valence-electron chi connectivity index (χ2n) is 6.49. The molecular weight excluding hydrogens is 280 g/mol. The normalized spacial score (nSPS) is 26.0. The highest BCUT2D eigenvalue weighted by atomic mass is 32.1. The Morgan fingerprint density at radius 3 is 2.71 bits per heavy atom. The lowest BCUT2D eigenvalue weighted by Crippen LogP contribution is -2.17. The summed E-state index contributed by atoms with van der Waals surface area (Å²) in [5.74, 6) is 1.51. The van der Waals surface area contributed by atoms with E-state index in [2.05, 4.69) is 30.3 Å². The van der Waals surface area contributed by atoms with Crippen LogP contribution in [0.15, 0.2) is 0 Å². The third-order valence-corrected chi connectivity index (χ3v) is 5.59. The Bertz CT molecular complexity index is 693. The lowest BCUT2D eigenvalue weighted by atomic mass is 9.93. The van der Waals surface area contributed by atoms with Crippen LogP contribution in [0, 0.1) is 16.6 Å². The topological polar surface area (TPSA) is 38.5 Å². The van der Waals surface area contributed by atoms with E-state index in [1.165, 1.54) is 24.9 Å². The second-order valence-corrected chi connectivity index (χ2v) is 6.88. The maximum atomic E-state index is 5.64. The van der Waals surface area contributed by atoms with Gasteiger partial charge >= 0.3 is 0 Å². The van der Waals surface area contributed by atoms with Gasteiger partial charge in [-0.3, -0.25) is 9.25 Å². The molecule has 2 heterocycles. The van der Waals surface area contributed by atoms with Crippen molar-refractivity contribution in [2.24, 2.45) is 18.9 Å². The summed E-state index contributed by atoms with van der Waals surface area (Å²) >= 11 is 5.64. The van der Waals surface area contributed by atoms with Gasteiger partial charge in [0, 0.05) is 13.1 Å². The van der Waals surface area contributed by atoms with E-state index in [0.29, 0.717) is 12.0 Å². The zero-order chi connectivity index (χ0) is 15.1. The van der Waals surface area contributed by atoms with E-state index in [0.717, 1.165) is 34.7 Å². The predicted octanol–water partition coefficient (Wildman–Crippen LogP) is 4.38. The molecule has 0 amide bonds. The van der Waals surface area contributed by atoms with E-state index in [9.17, 15) is 0 Å². The largest absolute Gasteiger partial charge is 0.328 e. The summed E-state index contributed by atoms with van der Waals surface area (Å²) in [6.45, 7) is 6.88. The van der Waals surface area contributed by atoms with Crippen molar-refractivity contribution in [3.8, 4) is 0 Å². The van der Waals surface area contributed by atoms with Gasteiger partial charge in [-0.2, -0.15) is 5.10 Å². The average molecular weight is 306 g/mol. The number of hydrogen-bond acceptors (Lipinski definition) is 2. The number of aromatic nitrogens is 4. The van der Waals surface area contributed by atoms with Crippen LogP contribution in [0.25, 0.3) is 11.2 Å². The number of rotatable bonds is 4. The van der Waals surface area contributed by atoms with Gasteiger partial charge in [0.1, 0.15) is 5.52 Å². The molecule has 1 saturated carbocycles. The van der Waals surface area contributed by atoms with Crippen molar-refractivity contribution < 1.29 is 0 Å². The molecule has 2 aromatic heterocycles. The SMILES string of the molecule is CCCc1nn(C)c2c1[nH]c(=S)n2C1CCC(CC)C1C. The Labute approximate surface area is 131 Å². The third-order valence-electron chi connectivity index (χ3n) is 5.29. The molecular formula is C16H26N4S. The minimum Gasteiger partial charge on any atom is -0.328 e. The molecule has 1 aliphatic carbocycles. The van der Waals surface area contributed by atoms with E-state index < -0.39 is 0 Å². The third kappa shape index (κ3) is 2.26. The molecule has 3 rings (SSSR count). The minimum atomic E-state index is 0.515. The first-order valence-electron chi connectivity index (χ1n) is 8.24. The molecule has 1 N–H and O–H groups in total. The molecule has 1 aliphatic rings. The summed E-state index contributed by atoms with van der Waals surface area (Å²) < 4.78 is 5.22. The molecule has 3 atom stereocenters. The van der Waals surface area contributed by atoms with Crippen molar-refractivity contribution in [1.29, 1.82) is 0 Å². The molecule has 0 bridgehead atoms. The molecule has 5 heteroatoms. The van der Waals surface area contributed by atoms with Crippen molar-refractivity contribution in [2.45, 2.75) is 58.9 Å². The van der Waals surface area contributed by atoms with Gasteiger partial charge < -0.3 is 4.98 Å². The molecule has 0 radical (unpaired) electrons. The summed E-state index contributed by atoms with van der Waals surface area (Å²) in [5.41, 5.74) is 3.48. The van der Waals surface area contributed by atoms with Crippen LogP contribution in [0.3, 0.4) is 0 Å². The maximum absolute atomic E-state index is 5.64. The number of imidazole rings is 1. The highest BCUT2D eigenvalue weighted by Gasteiger charge is 2.34. The highest BCUT2D eigenvalue weighted by Crippen LogP contribution is 2.43. The number of fused-ring (bicyclic) bond motifs is 1. The lowest BCUT2D eigenvalue weighted by Gasteiger charge is -2.21. The fourth-order valence-corrected chi connectivity index (χ4v) is 4.45. The fraction of sp³-hybridized carbons (Fsp3) is 0.750. The summed E-state index contributed by atoms with van der Waals surface area (Å²) in [6, 6.07) is 0.515. The maximum Gasteiger partial charge on any atom is 0.179 e. The Balaban J connectivity index is 2.11. The molecule has 3 unspecified atom stereocenters. The van der Waals surface area contributed by atoms with Crippen LogP contribution in [-0.2, 0) is 13.5 Å². The highest BCUT2D eigenvalue weighted by molar-refractivity contribution is 7.71. The molecule has 0 saturated heterocycles. The Morgan fingerprint density at radius 2 is 2.10 bits per heavy atom. The van der Waals surface area contributed by atoms with Crippen LogP contribution in [0.5, 0.6) is 0 Å². The van der Waals surface area contributed by atoms with Crippen LogP contribution in [0.2, 0.25) is 0 Å². The predicted molar refractivity (Wildman–Crippen MR) is 89.1 cm³/mol. The van der Waals surface area contributed by atoms with Gasteiger partial charge in [-0.25, -0.2) is 0 Å². The van der Waals surface area contributed by atoms with E-state index in [1.54, 1.807) is 0 Å². The molecule has 1 fully saturated rings. The average Bonchev–Trinajstić information content (AvgIpc) is 3.06. The van der Waals surface area contributed by atoms with Crippen molar-refractivity contribution in [1.82, 2.24) is 19.3 Å². The van der Waals surface area contributed by atoms with Gasteiger partial charge in [0.15, 0.2) is 10.4 Å². The van der Waals surface area contributed by atoms with Crippen molar-refractivity contribution >= 4 is 23.4 Å². The minimum absolute atomic E-state index is 0.515. The molecule has 0 spiro atoms. The van der Waals surface area contributed by atoms with Gasteiger partial charge in [-0.05, 0) is 43.3 Å². The van der Waals surface area contributed by atoms with Crippen LogP contribution in [-0.4, -0.2) is 19.3 Å². The number of hydrogen-bond donors (Lipinski definition) is 1. The summed E-state index contributed by atoms with van der Waals surface area (Å²) in [7, 11) is 2.04. The quantitative estimate of drug-likeness (QED) is 0.851. The van der Waals surface area contributed by atoms with E-state index in [-0.39, 0.29) is 0 Å². The number of nitrogens with one attached hydrogen (secondary N) is 1. The Kier molecular flexibility index (Phi) is 3.95. The van der Waals surface area contributed by atoms with Crippen LogP contribution >= 0.6 is 12.2 Å². The molecule has 0 aromatic carbocycles. The van der Waals surface area contributed by atoms with E-state index >= 15 is 0 Å². The van der Waals surface area contributed by atoms with Crippen molar-refractivity contribution in [3.63, 3.8) is 0 Å². The van der Waals surface area contributed by atoms with Gasteiger partial charge in [0.05, 0.1) is 5.69 Å². The zero-order valence-electron chi connectivity index (χ0n) is 13.5. The van der Waals surface area contributed by atoms with Crippen molar-refractivity contribution in [3.05, 3.63) is 10.5 Å². The number of H-pyrrole nitrogens is 1. The van der Waals surface area contributed by atoms with Crippen LogP contribution in [0.4, 0.5) is 0 Å². The summed E-state index contributed by atoms with van der Waals surface area (Å²) in [5, 5.41) is 4.70. The van der Waals surface area contributed by atoms with Crippen molar-refractivity contribution in [2.75, 3.05) is 0 Å². The van der Waals surface area contributed by atoms with Gasteiger partial charge in [-0.1, -0.05) is 33.6 Å². The first-order chi connectivity index (χ1) is 10.1.